The lowest BCUT2D eigenvalue weighted by Gasteiger charge is -2.24. The highest BCUT2D eigenvalue weighted by atomic mass is 16.4. The fourth-order valence-electron chi connectivity index (χ4n) is 1.83. The Labute approximate surface area is 83.8 Å². The minimum atomic E-state index is -0.889. The van der Waals surface area contributed by atoms with Crippen LogP contribution in [0, 0.1) is 17.8 Å². The number of allylic oxidation sites excluding steroid dienone is 1. The molecule has 78 valence electrons. The molecule has 0 radical (unpaired) electrons. The Morgan fingerprint density at radius 3 is 2.57 bits per heavy atom. The van der Waals surface area contributed by atoms with Gasteiger partial charge in [-0.3, -0.25) is 9.59 Å². The molecule has 1 N–H and O–H groups in total. The summed E-state index contributed by atoms with van der Waals surface area (Å²) in [4.78, 5) is 22.6. The van der Waals surface area contributed by atoms with Gasteiger partial charge in [0, 0.05) is 11.8 Å². The molecule has 0 aromatic rings. The molecule has 0 aliphatic heterocycles. The van der Waals surface area contributed by atoms with Crippen LogP contribution in [-0.2, 0) is 9.59 Å². The summed E-state index contributed by atoms with van der Waals surface area (Å²) >= 11 is 0. The van der Waals surface area contributed by atoms with Crippen molar-refractivity contribution in [1.82, 2.24) is 0 Å². The number of carbonyl (C=O) groups is 2. The molecule has 0 amide bonds. The lowest BCUT2D eigenvalue weighted by molar-refractivity contribution is -0.145. The first-order chi connectivity index (χ1) is 6.54. The Bertz CT molecular complexity index is 266. The monoisotopic (exact) mass is 196 g/mol. The van der Waals surface area contributed by atoms with E-state index in [1.165, 1.54) is 0 Å². The van der Waals surface area contributed by atoms with Crippen molar-refractivity contribution in [2.45, 2.75) is 26.7 Å². The van der Waals surface area contributed by atoms with E-state index in [1.807, 2.05) is 19.9 Å². The van der Waals surface area contributed by atoms with E-state index in [9.17, 15) is 9.59 Å². The molecule has 0 saturated heterocycles. The molecule has 0 aromatic heterocycles. The molecular weight excluding hydrogens is 180 g/mol. The number of hydrogen-bond acceptors (Lipinski definition) is 2. The first-order valence-corrected chi connectivity index (χ1v) is 4.97. The normalized spacial score (nSPS) is 26.5. The van der Waals surface area contributed by atoms with Crippen LogP contribution in [0.25, 0.3) is 0 Å². The summed E-state index contributed by atoms with van der Waals surface area (Å²) in [5.41, 5.74) is 0. The van der Waals surface area contributed by atoms with Gasteiger partial charge in [-0.2, -0.15) is 0 Å². The van der Waals surface area contributed by atoms with E-state index in [1.54, 1.807) is 6.08 Å². The molecule has 0 heterocycles. The van der Waals surface area contributed by atoms with Crippen LogP contribution in [0.15, 0.2) is 12.2 Å². The zero-order chi connectivity index (χ0) is 10.7. The summed E-state index contributed by atoms with van der Waals surface area (Å²) in [6, 6.07) is 0. The first kappa shape index (κ1) is 11.0. The van der Waals surface area contributed by atoms with Gasteiger partial charge in [0.2, 0.25) is 0 Å². The molecular formula is C11H16O3. The average molecular weight is 196 g/mol. The fraction of sp³-hybridized carbons (Fsp3) is 0.636. The van der Waals surface area contributed by atoms with E-state index >= 15 is 0 Å². The highest BCUT2D eigenvalue weighted by Crippen LogP contribution is 2.28. The predicted octanol–water partition coefficient (Wildman–Crippen LogP) is 1.88. The SMILES string of the molecule is CC(C)C(=O)C1CCC=CC1C(=O)O. The van der Waals surface area contributed by atoms with E-state index in [0.29, 0.717) is 6.42 Å². The minimum Gasteiger partial charge on any atom is -0.481 e. The molecule has 0 bridgehead atoms. The molecule has 0 fully saturated rings. The average Bonchev–Trinajstić information content (AvgIpc) is 2.16. The highest BCUT2D eigenvalue weighted by Gasteiger charge is 2.33. The van der Waals surface area contributed by atoms with Crippen molar-refractivity contribution in [3.8, 4) is 0 Å². The molecule has 1 rings (SSSR count). The summed E-state index contributed by atoms with van der Waals surface area (Å²) in [5.74, 6) is -1.83. The number of carboxylic acids is 1. The van der Waals surface area contributed by atoms with Crippen LogP contribution in [0.3, 0.4) is 0 Å². The van der Waals surface area contributed by atoms with Crippen LogP contribution in [0.1, 0.15) is 26.7 Å². The van der Waals surface area contributed by atoms with E-state index in [0.717, 1.165) is 6.42 Å². The van der Waals surface area contributed by atoms with Gasteiger partial charge >= 0.3 is 5.97 Å². The molecule has 0 saturated carbocycles. The molecule has 0 spiro atoms. The van der Waals surface area contributed by atoms with Gasteiger partial charge in [0.05, 0.1) is 5.92 Å². The number of hydrogen-bond donors (Lipinski definition) is 1. The molecule has 3 nitrogen and oxygen atoms in total. The van der Waals surface area contributed by atoms with Gasteiger partial charge in [-0.25, -0.2) is 0 Å². The maximum atomic E-state index is 11.7. The summed E-state index contributed by atoms with van der Waals surface area (Å²) in [6.45, 7) is 3.64. The molecule has 1 aliphatic rings. The largest absolute Gasteiger partial charge is 0.481 e. The van der Waals surface area contributed by atoms with Crippen molar-refractivity contribution < 1.29 is 14.7 Å². The predicted molar refractivity (Wildman–Crippen MR) is 52.8 cm³/mol. The number of aliphatic carboxylic acids is 1. The van der Waals surface area contributed by atoms with E-state index in [2.05, 4.69) is 0 Å². The number of carboxylic acid groups (broad SMARTS) is 1. The van der Waals surface area contributed by atoms with Crippen molar-refractivity contribution in [1.29, 1.82) is 0 Å². The zero-order valence-electron chi connectivity index (χ0n) is 8.56. The van der Waals surface area contributed by atoms with Crippen LogP contribution < -0.4 is 0 Å². The third-order valence-electron chi connectivity index (χ3n) is 2.64. The van der Waals surface area contributed by atoms with Gasteiger partial charge in [-0.15, -0.1) is 0 Å². The second-order valence-corrected chi connectivity index (χ2v) is 4.03. The van der Waals surface area contributed by atoms with Crippen LogP contribution in [0.5, 0.6) is 0 Å². The Morgan fingerprint density at radius 2 is 2.07 bits per heavy atom. The van der Waals surface area contributed by atoms with Gasteiger partial charge in [0.1, 0.15) is 5.78 Å². The Kier molecular flexibility index (Phi) is 3.44. The van der Waals surface area contributed by atoms with Gasteiger partial charge in [-0.05, 0) is 12.8 Å². The van der Waals surface area contributed by atoms with Gasteiger partial charge in [-0.1, -0.05) is 26.0 Å². The third-order valence-corrected chi connectivity index (χ3v) is 2.64. The van der Waals surface area contributed by atoms with E-state index in [-0.39, 0.29) is 17.6 Å². The molecule has 2 atom stereocenters. The van der Waals surface area contributed by atoms with Crippen molar-refractivity contribution in [3.63, 3.8) is 0 Å². The zero-order valence-corrected chi connectivity index (χ0v) is 8.56. The Morgan fingerprint density at radius 1 is 1.43 bits per heavy atom. The van der Waals surface area contributed by atoms with Gasteiger partial charge in [0.25, 0.3) is 0 Å². The minimum absolute atomic E-state index is 0.0711. The van der Waals surface area contributed by atoms with Crippen molar-refractivity contribution in [2.24, 2.45) is 17.8 Å². The number of rotatable bonds is 3. The van der Waals surface area contributed by atoms with Crippen LogP contribution in [0.2, 0.25) is 0 Å². The summed E-state index contributed by atoms with van der Waals surface area (Å²) in [6.07, 6.45) is 4.98. The van der Waals surface area contributed by atoms with Crippen LogP contribution >= 0.6 is 0 Å². The topological polar surface area (TPSA) is 54.4 Å². The summed E-state index contributed by atoms with van der Waals surface area (Å²) in [7, 11) is 0. The second kappa shape index (κ2) is 4.40. The quantitative estimate of drug-likeness (QED) is 0.701. The second-order valence-electron chi connectivity index (χ2n) is 4.03. The number of carbonyl (C=O) groups excluding carboxylic acids is 1. The molecule has 1 aliphatic carbocycles. The summed E-state index contributed by atoms with van der Waals surface area (Å²) < 4.78 is 0. The van der Waals surface area contributed by atoms with Gasteiger partial charge < -0.3 is 5.11 Å². The highest BCUT2D eigenvalue weighted by molar-refractivity contribution is 5.88. The lowest BCUT2D eigenvalue weighted by atomic mass is 9.78. The molecule has 14 heavy (non-hydrogen) atoms. The van der Waals surface area contributed by atoms with Crippen LogP contribution in [-0.4, -0.2) is 16.9 Å². The van der Waals surface area contributed by atoms with Crippen molar-refractivity contribution in [2.75, 3.05) is 0 Å². The maximum absolute atomic E-state index is 11.7. The van der Waals surface area contributed by atoms with Crippen molar-refractivity contribution in [3.05, 3.63) is 12.2 Å². The lowest BCUT2D eigenvalue weighted by Crippen LogP contribution is -2.32. The van der Waals surface area contributed by atoms with E-state index < -0.39 is 11.9 Å². The Balaban J connectivity index is 2.81. The third kappa shape index (κ3) is 2.22. The number of Topliss-reactive ketones (excluding diaryl/α,β-unsaturated/α-hetero) is 1. The standard InChI is InChI=1S/C11H16O3/c1-7(2)10(12)8-5-3-4-6-9(8)11(13)14/h4,6-9H,3,5H2,1-2H3,(H,13,14). The molecule has 0 aromatic carbocycles. The fourth-order valence-corrected chi connectivity index (χ4v) is 1.83. The number of ketones is 1. The Hall–Kier alpha value is -1.12. The van der Waals surface area contributed by atoms with Crippen LogP contribution in [0.4, 0.5) is 0 Å². The van der Waals surface area contributed by atoms with Gasteiger partial charge in [0.15, 0.2) is 0 Å². The first-order valence-electron chi connectivity index (χ1n) is 4.97. The van der Waals surface area contributed by atoms with E-state index in [4.69, 9.17) is 5.11 Å². The smallest absolute Gasteiger partial charge is 0.311 e. The maximum Gasteiger partial charge on any atom is 0.311 e. The summed E-state index contributed by atoms with van der Waals surface area (Å²) in [5, 5.41) is 8.94. The molecule has 3 heteroatoms. The van der Waals surface area contributed by atoms with Crippen molar-refractivity contribution >= 4 is 11.8 Å². The molecule has 2 unspecified atom stereocenters.